The minimum atomic E-state index is 0.900. The normalized spacial score (nSPS) is 11.3. The molecule has 5 heteroatoms. The first kappa shape index (κ1) is 20.4. The minimum absolute atomic E-state index is 0.900. The summed E-state index contributed by atoms with van der Waals surface area (Å²) in [7, 11) is 0. The highest BCUT2D eigenvalue weighted by Gasteiger charge is 2.08. The number of rotatable bonds is 0. The van der Waals surface area contributed by atoms with E-state index in [9.17, 15) is 0 Å². The third-order valence-corrected chi connectivity index (χ3v) is 6.47. The summed E-state index contributed by atoms with van der Waals surface area (Å²) in [5, 5.41) is 6.85. The van der Waals surface area contributed by atoms with Crippen molar-refractivity contribution in [3.05, 3.63) is 116 Å². The highest BCUT2D eigenvalue weighted by atomic mass is 14.8. The molecule has 0 bridgehead atoms. The maximum atomic E-state index is 4.89. The highest BCUT2D eigenvalue weighted by molar-refractivity contribution is 6.12. The molecule has 0 saturated heterocycles. The molecule has 0 aliphatic rings. The maximum absolute atomic E-state index is 4.89. The number of pyridine rings is 3. The van der Waals surface area contributed by atoms with Crippen molar-refractivity contribution in [2.45, 2.75) is 0 Å². The molecule has 0 N–H and O–H groups in total. The van der Waals surface area contributed by atoms with Gasteiger partial charge in [0.05, 0.1) is 33.1 Å². The zero-order chi connectivity index (χ0) is 23.9. The second-order valence-corrected chi connectivity index (χ2v) is 8.62. The number of benzene rings is 4. The Morgan fingerprint density at radius 1 is 0.361 bits per heavy atom. The lowest BCUT2D eigenvalue weighted by atomic mass is 10.0. The van der Waals surface area contributed by atoms with E-state index in [4.69, 9.17) is 4.98 Å². The largest absolute Gasteiger partial charge is 0.254 e. The van der Waals surface area contributed by atoms with Crippen LogP contribution in [0.4, 0.5) is 0 Å². The fourth-order valence-corrected chi connectivity index (χ4v) is 4.76. The van der Waals surface area contributed by atoms with Gasteiger partial charge in [-0.15, -0.1) is 0 Å². The SMILES string of the molecule is c1ccc2c(c1)ccc1cc3c(ccc4nccnc43)nc12.c1cnc2c(c1)ccc1cccnc12. The van der Waals surface area contributed by atoms with Gasteiger partial charge >= 0.3 is 0 Å². The molecule has 0 aliphatic carbocycles. The van der Waals surface area contributed by atoms with Crippen LogP contribution in [0.1, 0.15) is 0 Å². The average Bonchev–Trinajstić information content (AvgIpc) is 2.96. The Balaban J connectivity index is 0.000000136. The van der Waals surface area contributed by atoms with Crippen molar-refractivity contribution in [3.63, 3.8) is 0 Å². The summed E-state index contributed by atoms with van der Waals surface area (Å²) in [5.74, 6) is 0. The van der Waals surface area contributed by atoms with Crippen molar-refractivity contribution in [3.8, 4) is 0 Å². The van der Waals surface area contributed by atoms with E-state index < -0.39 is 0 Å². The third-order valence-electron chi connectivity index (χ3n) is 6.47. The van der Waals surface area contributed by atoms with Crippen molar-refractivity contribution in [1.82, 2.24) is 24.9 Å². The molecule has 168 valence electrons. The summed E-state index contributed by atoms with van der Waals surface area (Å²) in [6.45, 7) is 0. The van der Waals surface area contributed by atoms with Gasteiger partial charge in [0.15, 0.2) is 0 Å². The van der Waals surface area contributed by atoms with Gasteiger partial charge in [-0.25, -0.2) is 4.98 Å². The van der Waals surface area contributed by atoms with E-state index >= 15 is 0 Å². The van der Waals surface area contributed by atoms with Crippen LogP contribution in [0.5, 0.6) is 0 Å². The number of hydrogen-bond acceptors (Lipinski definition) is 5. The summed E-state index contributed by atoms with van der Waals surface area (Å²) in [6.07, 6.45) is 7.05. The molecule has 0 amide bonds. The molecule has 0 fully saturated rings. The van der Waals surface area contributed by atoms with Crippen LogP contribution in [0.15, 0.2) is 116 Å². The van der Waals surface area contributed by atoms with Gasteiger partial charge in [0, 0.05) is 51.7 Å². The van der Waals surface area contributed by atoms with Crippen LogP contribution in [0, 0.1) is 0 Å². The van der Waals surface area contributed by atoms with E-state index in [1.165, 1.54) is 10.8 Å². The standard InChI is InChI=1S/C19H11N3.C12H8N2/c1-2-4-14-12(3-1)5-6-13-11-15-16(22-18(13)14)7-8-17-19(15)21-10-9-20-17;1-3-9-5-6-10-4-2-8-14-12(10)11(9)13-7-1/h1-11H;1-8H. The zero-order valence-corrected chi connectivity index (χ0v) is 19.2. The van der Waals surface area contributed by atoms with Crippen LogP contribution in [-0.4, -0.2) is 24.9 Å². The predicted molar refractivity (Wildman–Crippen MR) is 147 cm³/mol. The molecule has 0 radical (unpaired) electrons. The van der Waals surface area contributed by atoms with E-state index in [2.05, 4.69) is 86.7 Å². The second-order valence-electron chi connectivity index (χ2n) is 8.62. The molecule has 0 aliphatic heterocycles. The lowest BCUT2D eigenvalue weighted by Crippen LogP contribution is -1.88. The number of hydrogen-bond donors (Lipinski definition) is 0. The van der Waals surface area contributed by atoms with Crippen LogP contribution >= 0.6 is 0 Å². The van der Waals surface area contributed by atoms with Gasteiger partial charge in [-0.05, 0) is 35.7 Å². The van der Waals surface area contributed by atoms with Crippen molar-refractivity contribution in [2.75, 3.05) is 0 Å². The van der Waals surface area contributed by atoms with Gasteiger partial charge in [-0.1, -0.05) is 60.7 Å². The van der Waals surface area contributed by atoms with Gasteiger partial charge in [0.1, 0.15) is 0 Å². The minimum Gasteiger partial charge on any atom is -0.254 e. The molecule has 0 atom stereocenters. The lowest BCUT2D eigenvalue weighted by Gasteiger charge is -2.07. The Bertz CT molecular complexity index is 1920. The van der Waals surface area contributed by atoms with Gasteiger partial charge in [-0.3, -0.25) is 19.9 Å². The smallest absolute Gasteiger partial charge is 0.0980 e. The van der Waals surface area contributed by atoms with Gasteiger partial charge in [0.25, 0.3) is 0 Å². The van der Waals surface area contributed by atoms with E-state index in [-0.39, 0.29) is 0 Å². The zero-order valence-electron chi connectivity index (χ0n) is 19.2. The van der Waals surface area contributed by atoms with Gasteiger partial charge < -0.3 is 0 Å². The van der Waals surface area contributed by atoms with Gasteiger partial charge in [0.2, 0.25) is 0 Å². The number of nitrogens with zero attached hydrogens (tertiary/aromatic N) is 5. The first-order valence-electron chi connectivity index (χ1n) is 11.8. The summed E-state index contributed by atoms with van der Waals surface area (Å²) in [4.78, 5) is 22.4. The summed E-state index contributed by atoms with van der Waals surface area (Å²) < 4.78 is 0. The summed E-state index contributed by atoms with van der Waals surface area (Å²) >= 11 is 0. The Morgan fingerprint density at radius 2 is 0.972 bits per heavy atom. The van der Waals surface area contributed by atoms with E-state index in [1.807, 2.05) is 24.3 Å². The predicted octanol–water partition coefficient (Wildman–Crippen LogP) is 7.27. The quantitative estimate of drug-likeness (QED) is 0.176. The monoisotopic (exact) mass is 461 g/mol. The number of fused-ring (bicyclic) bond motifs is 9. The van der Waals surface area contributed by atoms with Crippen LogP contribution < -0.4 is 0 Å². The molecule has 0 saturated carbocycles. The maximum Gasteiger partial charge on any atom is 0.0980 e. The third kappa shape index (κ3) is 3.37. The van der Waals surface area contributed by atoms with Crippen molar-refractivity contribution in [1.29, 1.82) is 0 Å². The molecule has 8 aromatic rings. The molecule has 5 nitrogen and oxygen atoms in total. The van der Waals surface area contributed by atoms with E-state index in [0.29, 0.717) is 0 Å². The molecule has 36 heavy (non-hydrogen) atoms. The number of aromatic nitrogens is 5. The first-order valence-corrected chi connectivity index (χ1v) is 11.8. The first-order chi connectivity index (χ1) is 17.8. The molecular weight excluding hydrogens is 442 g/mol. The molecule has 4 aromatic carbocycles. The fraction of sp³-hybridized carbons (Fsp3) is 0. The Hall–Kier alpha value is -5.03. The van der Waals surface area contributed by atoms with E-state index in [1.54, 1.807) is 24.8 Å². The Labute approximate surface area is 206 Å². The van der Waals surface area contributed by atoms with Crippen LogP contribution in [0.3, 0.4) is 0 Å². The van der Waals surface area contributed by atoms with Crippen molar-refractivity contribution < 1.29 is 0 Å². The van der Waals surface area contributed by atoms with Crippen molar-refractivity contribution >= 4 is 65.4 Å². The lowest BCUT2D eigenvalue weighted by molar-refractivity contribution is 1.30. The molecule has 8 rings (SSSR count). The summed E-state index contributed by atoms with van der Waals surface area (Å²) in [5.41, 5.74) is 5.75. The Kier molecular flexibility index (Phi) is 4.71. The van der Waals surface area contributed by atoms with Crippen LogP contribution in [-0.2, 0) is 0 Å². The fourth-order valence-electron chi connectivity index (χ4n) is 4.76. The van der Waals surface area contributed by atoms with Crippen molar-refractivity contribution in [2.24, 2.45) is 0 Å². The van der Waals surface area contributed by atoms with Crippen LogP contribution in [0.2, 0.25) is 0 Å². The topological polar surface area (TPSA) is 64.5 Å². The van der Waals surface area contributed by atoms with Crippen LogP contribution in [0.25, 0.3) is 65.4 Å². The van der Waals surface area contributed by atoms with E-state index in [0.717, 1.165) is 54.6 Å². The van der Waals surface area contributed by atoms with Gasteiger partial charge in [-0.2, -0.15) is 0 Å². The second kappa shape index (κ2) is 8.32. The highest BCUT2D eigenvalue weighted by Crippen LogP contribution is 2.29. The molecule has 4 heterocycles. The molecule has 0 unspecified atom stereocenters. The molecule has 0 spiro atoms. The molecule has 4 aromatic heterocycles. The summed E-state index contributed by atoms with van der Waals surface area (Å²) in [6, 6.07) is 30.9. The average molecular weight is 462 g/mol. The molecular formula is C31H19N5. The Morgan fingerprint density at radius 3 is 1.78 bits per heavy atom.